The molecule has 1 atom stereocenters. The molecule has 0 aliphatic carbocycles. The standard InChI is InChI=1S/C7H10F3N3O4/c8-7(9,10)2-12-6(17)13-3(5(15)16)1-4(11)14/h3H,1-2H2,(H2,11,14)(H,15,16)(H2,12,13,17)/t3-/m1/s1. The van der Waals surface area contributed by atoms with Crippen LogP contribution in [-0.4, -0.2) is 41.8 Å². The molecule has 7 nitrogen and oxygen atoms in total. The van der Waals surface area contributed by atoms with Gasteiger partial charge < -0.3 is 21.5 Å². The van der Waals surface area contributed by atoms with E-state index in [0.717, 1.165) is 0 Å². The van der Waals surface area contributed by atoms with Gasteiger partial charge in [-0.15, -0.1) is 0 Å². The third-order valence-corrected chi connectivity index (χ3v) is 1.46. The summed E-state index contributed by atoms with van der Waals surface area (Å²) >= 11 is 0. The first kappa shape index (κ1) is 15.0. The van der Waals surface area contributed by atoms with Crippen molar-refractivity contribution >= 4 is 17.9 Å². The van der Waals surface area contributed by atoms with Crippen LogP contribution >= 0.6 is 0 Å². The van der Waals surface area contributed by atoms with Crippen molar-refractivity contribution in [2.45, 2.75) is 18.6 Å². The molecule has 0 heterocycles. The topological polar surface area (TPSA) is 122 Å². The van der Waals surface area contributed by atoms with Crippen LogP contribution in [-0.2, 0) is 9.59 Å². The highest BCUT2D eigenvalue weighted by Crippen LogP contribution is 2.11. The SMILES string of the molecule is NC(=O)C[C@@H](NC(=O)NCC(F)(F)F)C(=O)O. The molecule has 0 rings (SSSR count). The van der Waals surface area contributed by atoms with Gasteiger partial charge in [-0.05, 0) is 0 Å². The first-order valence-electron chi connectivity index (χ1n) is 4.24. The molecule has 3 amide bonds. The number of aliphatic carboxylic acids is 1. The minimum absolute atomic E-state index is 0.714. The van der Waals surface area contributed by atoms with Gasteiger partial charge in [0.15, 0.2) is 0 Å². The molecule has 0 spiro atoms. The molecule has 0 aliphatic rings. The largest absolute Gasteiger partial charge is 0.480 e. The predicted octanol–water partition coefficient (Wildman–Crippen LogP) is -0.824. The summed E-state index contributed by atoms with van der Waals surface area (Å²) in [5.74, 6) is -2.58. The van der Waals surface area contributed by atoms with Gasteiger partial charge in [0, 0.05) is 0 Å². The van der Waals surface area contributed by atoms with Crippen LogP contribution in [0, 0.1) is 0 Å². The average molecular weight is 257 g/mol. The van der Waals surface area contributed by atoms with Gasteiger partial charge >= 0.3 is 18.2 Å². The third kappa shape index (κ3) is 7.88. The molecule has 0 aromatic heterocycles. The molecule has 5 N–H and O–H groups in total. The Kier molecular flexibility index (Phi) is 5.22. The monoisotopic (exact) mass is 257 g/mol. The fraction of sp³-hybridized carbons (Fsp3) is 0.571. The lowest BCUT2D eigenvalue weighted by Gasteiger charge is -2.14. The van der Waals surface area contributed by atoms with Gasteiger partial charge in [0.2, 0.25) is 5.91 Å². The summed E-state index contributed by atoms with van der Waals surface area (Å²) in [6.07, 6.45) is -5.32. The summed E-state index contributed by atoms with van der Waals surface area (Å²) in [4.78, 5) is 31.8. The summed E-state index contributed by atoms with van der Waals surface area (Å²) in [6.45, 7) is -1.61. The van der Waals surface area contributed by atoms with Crippen LogP contribution in [0.25, 0.3) is 0 Å². The Balaban J connectivity index is 4.22. The Morgan fingerprint density at radius 2 is 1.82 bits per heavy atom. The van der Waals surface area contributed by atoms with E-state index >= 15 is 0 Å². The Labute approximate surface area is 93.1 Å². The summed E-state index contributed by atoms with van der Waals surface area (Å²) in [7, 11) is 0. The number of hydrogen-bond donors (Lipinski definition) is 4. The maximum absolute atomic E-state index is 11.7. The fourth-order valence-electron chi connectivity index (χ4n) is 0.791. The molecule has 0 saturated carbocycles. The first-order valence-corrected chi connectivity index (χ1v) is 4.24. The van der Waals surface area contributed by atoms with Gasteiger partial charge in [-0.3, -0.25) is 4.79 Å². The molecule has 17 heavy (non-hydrogen) atoms. The number of amides is 3. The van der Waals surface area contributed by atoms with E-state index < -0.39 is 43.1 Å². The smallest absolute Gasteiger partial charge is 0.405 e. The van der Waals surface area contributed by atoms with Crippen LogP contribution < -0.4 is 16.4 Å². The predicted molar refractivity (Wildman–Crippen MR) is 47.8 cm³/mol. The van der Waals surface area contributed by atoms with E-state index in [9.17, 15) is 27.6 Å². The first-order chi connectivity index (χ1) is 7.61. The van der Waals surface area contributed by atoms with Crippen molar-refractivity contribution in [1.82, 2.24) is 10.6 Å². The van der Waals surface area contributed by atoms with E-state index in [1.54, 1.807) is 5.32 Å². The molecule has 0 saturated heterocycles. The maximum atomic E-state index is 11.7. The van der Waals surface area contributed by atoms with Crippen LogP contribution in [0.2, 0.25) is 0 Å². The number of nitrogens with one attached hydrogen (secondary N) is 2. The minimum Gasteiger partial charge on any atom is -0.480 e. The highest BCUT2D eigenvalue weighted by atomic mass is 19.4. The zero-order valence-corrected chi connectivity index (χ0v) is 8.37. The number of carbonyl (C=O) groups excluding carboxylic acids is 2. The molecule has 10 heteroatoms. The van der Waals surface area contributed by atoms with Gasteiger partial charge in [0.1, 0.15) is 12.6 Å². The van der Waals surface area contributed by atoms with Gasteiger partial charge in [-0.25, -0.2) is 9.59 Å². The Morgan fingerprint density at radius 3 is 2.18 bits per heavy atom. The molecule has 0 unspecified atom stereocenters. The van der Waals surface area contributed by atoms with Crippen molar-refractivity contribution in [3.8, 4) is 0 Å². The maximum Gasteiger partial charge on any atom is 0.405 e. The number of halogens is 3. The van der Waals surface area contributed by atoms with E-state index in [-0.39, 0.29) is 0 Å². The van der Waals surface area contributed by atoms with E-state index in [4.69, 9.17) is 10.8 Å². The number of urea groups is 1. The van der Waals surface area contributed by atoms with Crippen molar-refractivity contribution in [3.05, 3.63) is 0 Å². The quantitative estimate of drug-likeness (QED) is 0.513. The molecular formula is C7H10F3N3O4. The van der Waals surface area contributed by atoms with Crippen molar-refractivity contribution < 1.29 is 32.7 Å². The molecule has 0 aromatic rings. The molecule has 0 radical (unpaired) electrons. The van der Waals surface area contributed by atoms with Gasteiger partial charge in [0.05, 0.1) is 6.42 Å². The van der Waals surface area contributed by atoms with Gasteiger partial charge in [-0.2, -0.15) is 13.2 Å². The number of carbonyl (C=O) groups is 3. The number of primary amides is 1. The van der Waals surface area contributed by atoms with Gasteiger partial charge in [0.25, 0.3) is 0 Å². The van der Waals surface area contributed by atoms with E-state index in [1.807, 2.05) is 0 Å². The Hall–Kier alpha value is -2.00. The van der Waals surface area contributed by atoms with Crippen molar-refractivity contribution in [2.75, 3.05) is 6.54 Å². The molecule has 98 valence electrons. The zero-order chi connectivity index (χ0) is 13.6. The number of carboxylic acid groups (broad SMARTS) is 1. The van der Waals surface area contributed by atoms with Crippen molar-refractivity contribution in [2.24, 2.45) is 5.73 Å². The number of rotatable bonds is 5. The van der Waals surface area contributed by atoms with Crippen LogP contribution in [0.1, 0.15) is 6.42 Å². The third-order valence-electron chi connectivity index (χ3n) is 1.46. The lowest BCUT2D eigenvalue weighted by Crippen LogP contribution is -2.49. The molecule has 0 fully saturated rings. The normalized spacial score (nSPS) is 12.6. The second-order valence-corrected chi connectivity index (χ2v) is 3.00. The van der Waals surface area contributed by atoms with Crippen molar-refractivity contribution in [1.29, 1.82) is 0 Å². The second kappa shape index (κ2) is 5.92. The average Bonchev–Trinajstić information content (AvgIpc) is 2.11. The van der Waals surface area contributed by atoms with Gasteiger partial charge in [-0.1, -0.05) is 0 Å². The molecular weight excluding hydrogens is 247 g/mol. The van der Waals surface area contributed by atoms with Crippen LogP contribution in [0.3, 0.4) is 0 Å². The van der Waals surface area contributed by atoms with Crippen molar-refractivity contribution in [3.63, 3.8) is 0 Å². The lowest BCUT2D eigenvalue weighted by atomic mass is 10.2. The minimum atomic E-state index is -4.61. The second-order valence-electron chi connectivity index (χ2n) is 3.00. The summed E-state index contributed by atoms with van der Waals surface area (Å²) in [5, 5.41) is 11.6. The van der Waals surface area contributed by atoms with Crippen LogP contribution in [0.4, 0.5) is 18.0 Å². The summed E-state index contributed by atoms with van der Waals surface area (Å²) < 4.78 is 35.1. The number of carboxylic acids is 1. The van der Waals surface area contributed by atoms with E-state index in [0.29, 0.717) is 0 Å². The number of alkyl halides is 3. The highest BCUT2D eigenvalue weighted by Gasteiger charge is 2.29. The van der Waals surface area contributed by atoms with E-state index in [2.05, 4.69) is 0 Å². The summed E-state index contributed by atoms with van der Waals surface area (Å²) in [6, 6.07) is -3.02. The summed E-state index contributed by atoms with van der Waals surface area (Å²) in [5.41, 5.74) is 4.70. The lowest BCUT2D eigenvalue weighted by molar-refractivity contribution is -0.140. The fourth-order valence-corrected chi connectivity index (χ4v) is 0.791. The Morgan fingerprint density at radius 1 is 1.29 bits per heavy atom. The number of nitrogens with two attached hydrogens (primary N) is 1. The molecule has 0 aromatic carbocycles. The Bertz CT molecular complexity index is 318. The highest BCUT2D eigenvalue weighted by molar-refractivity contribution is 5.87. The van der Waals surface area contributed by atoms with Crippen LogP contribution in [0.15, 0.2) is 0 Å². The zero-order valence-electron chi connectivity index (χ0n) is 8.37. The molecule has 0 aliphatic heterocycles. The molecule has 0 bridgehead atoms. The van der Waals surface area contributed by atoms with Crippen LogP contribution in [0.5, 0.6) is 0 Å². The number of hydrogen-bond acceptors (Lipinski definition) is 3. The van der Waals surface area contributed by atoms with E-state index in [1.165, 1.54) is 5.32 Å².